The minimum Gasteiger partial charge on any atom is -0.390 e. The molecule has 0 aliphatic heterocycles. The van der Waals surface area contributed by atoms with E-state index in [4.69, 9.17) is 4.98 Å². The van der Waals surface area contributed by atoms with Crippen molar-refractivity contribution in [3.63, 3.8) is 0 Å². The van der Waals surface area contributed by atoms with Crippen LogP contribution in [0, 0.1) is 6.92 Å². The second-order valence-electron chi connectivity index (χ2n) is 6.99. The van der Waals surface area contributed by atoms with Crippen molar-refractivity contribution < 1.29 is 5.11 Å². The first-order valence-corrected chi connectivity index (χ1v) is 8.74. The van der Waals surface area contributed by atoms with Crippen molar-refractivity contribution in [3.8, 4) is 0 Å². The SMILES string of the molecule is Cc1ccc(CCc2nn3c(CO)c(C(C)(C)C)nc3s2)cc1. The highest BCUT2D eigenvalue weighted by molar-refractivity contribution is 7.16. The summed E-state index contributed by atoms with van der Waals surface area (Å²) in [6, 6.07) is 8.63. The van der Waals surface area contributed by atoms with Crippen LogP contribution in [0.3, 0.4) is 0 Å². The molecule has 0 aliphatic rings. The second kappa shape index (κ2) is 6.06. The third kappa shape index (κ3) is 3.31. The number of benzene rings is 1. The number of imidazole rings is 1. The monoisotopic (exact) mass is 329 g/mol. The van der Waals surface area contributed by atoms with Gasteiger partial charge in [-0.1, -0.05) is 61.9 Å². The van der Waals surface area contributed by atoms with Crippen LogP contribution >= 0.6 is 11.3 Å². The highest BCUT2D eigenvalue weighted by atomic mass is 32.1. The average Bonchev–Trinajstić information content (AvgIpc) is 3.03. The van der Waals surface area contributed by atoms with Crippen LogP contribution in [0.4, 0.5) is 0 Å². The smallest absolute Gasteiger partial charge is 0.212 e. The summed E-state index contributed by atoms with van der Waals surface area (Å²) in [5.74, 6) is 0. The number of rotatable bonds is 4. The predicted octanol–water partition coefficient (Wildman–Crippen LogP) is 3.67. The van der Waals surface area contributed by atoms with Crippen LogP contribution in [0.1, 0.15) is 48.3 Å². The standard InChI is InChI=1S/C18H23N3OS/c1-12-5-7-13(8-6-12)9-10-15-20-21-14(11-22)16(18(2,3)4)19-17(21)23-15/h5-8,22H,9-11H2,1-4H3. The van der Waals surface area contributed by atoms with Crippen molar-refractivity contribution in [1.29, 1.82) is 0 Å². The molecule has 2 aromatic heterocycles. The quantitative estimate of drug-likeness (QED) is 0.794. The maximum absolute atomic E-state index is 9.72. The van der Waals surface area contributed by atoms with Crippen molar-refractivity contribution in [3.05, 3.63) is 51.8 Å². The van der Waals surface area contributed by atoms with E-state index in [9.17, 15) is 5.11 Å². The Balaban J connectivity index is 1.83. The van der Waals surface area contributed by atoms with Gasteiger partial charge in [0, 0.05) is 11.8 Å². The van der Waals surface area contributed by atoms with E-state index < -0.39 is 0 Å². The molecule has 0 bridgehead atoms. The number of nitrogens with zero attached hydrogens (tertiary/aromatic N) is 3. The molecule has 23 heavy (non-hydrogen) atoms. The summed E-state index contributed by atoms with van der Waals surface area (Å²) in [4.78, 5) is 5.57. The van der Waals surface area contributed by atoms with Crippen LogP contribution in [-0.4, -0.2) is 19.7 Å². The Morgan fingerprint density at radius 3 is 2.43 bits per heavy atom. The predicted molar refractivity (Wildman–Crippen MR) is 94.1 cm³/mol. The van der Waals surface area contributed by atoms with Gasteiger partial charge in [0.05, 0.1) is 18.0 Å². The van der Waals surface area contributed by atoms with E-state index in [-0.39, 0.29) is 12.0 Å². The third-order valence-electron chi connectivity index (χ3n) is 3.95. The van der Waals surface area contributed by atoms with Crippen molar-refractivity contribution in [2.75, 3.05) is 0 Å². The van der Waals surface area contributed by atoms with Gasteiger partial charge >= 0.3 is 0 Å². The highest BCUT2D eigenvalue weighted by Crippen LogP contribution is 2.28. The van der Waals surface area contributed by atoms with Gasteiger partial charge in [0.25, 0.3) is 0 Å². The van der Waals surface area contributed by atoms with Gasteiger partial charge in [0.2, 0.25) is 4.96 Å². The molecule has 3 aromatic rings. The van der Waals surface area contributed by atoms with Crippen molar-refractivity contribution in [1.82, 2.24) is 14.6 Å². The Bertz CT molecular complexity index is 809. The van der Waals surface area contributed by atoms with Gasteiger partial charge in [-0.15, -0.1) is 0 Å². The van der Waals surface area contributed by atoms with Crippen molar-refractivity contribution >= 4 is 16.3 Å². The molecule has 1 aromatic carbocycles. The van der Waals surface area contributed by atoms with Crippen LogP contribution in [0.25, 0.3) is 4.96 Å². The fourth-order valence-electron chi connectivity index (χ4n) is 2.68. The topological polar surface area (TPSA) is 50.4 Å². The van der Waals surface area contributed by atoms with Gasteiger partial charge in [0.1, 0.15) is 5.01 Å². The van der Waals surface area contributed by atoms with Crippen LogP contribution in [0.2, 0.25) is 0 Å². The van der Waals surface area contributed by atoms with Crippen molar-refractivity contribution in [2.45, 2.75) is 52.6 Å². The molecule has 3 rings (SSSR count). The third-order valence-corrected chi connectivity index (χ3v) is 4.91. The molecule has 0 saturated carbocycles. The lowest BCUT2D eigenvalue weighted by Gasteiger charge is -2.16. The molecule has 4 nitrogen and oxygen atoms in total. The van der Waals surface area contributed by atoms with Gasteiger partial charge in [-0.3, -0.25) is 0 Å². The number of fused-ring (bicyclic) bond motifs is 1. The lowest BCUT2D eigenvalue weighted by molar-refractivity contribution is 0.270. The fraction of sp³-hybridized carbons (Fsp3) is 0.444. The first kappa shape index (κ1) is 16.1. The number of aliphatic hydroxyl groups excluding tert-OH is 1. The Labute approximate surface area is 140 Å². The van der Waals surface area contributed by atoms with Crippen LogP contribution in [0.5, 0.6) is 0 Å². The normalized spacial score (nSPS) is 12.2. The Hall–Kier alpha value is -1.72. The molecule has 0 spiro atoms. The van der Waals surface area contributed by atoms with Gasteiger partial charge < -0.3 is 5.11 Å². The number of aryl methyl sites for hydroxylation is 3. The van der Waals surface area contributed by atoms with Gasteiger partial charge in [-0.2, -0.15) is 5.10 Å². The molecule has 1 N–H and O–H groups in total. The van der Waals surface area contributed by atoms with Gasteiger partial charge in [-0.25, -0.2) is 9.50 Å². The zero-order valence-corrected chi connectivity index (χ0v) is 14.9. The molecule has 0 atom stereocenters. The zero-order valence-electron chi connectivity index (χ0n) is 14.1. The summed E-state index contributed by atoms with van der Waals surface area (Å²) < 4.78 is 1.82. The number of aliphatic hydroxyl groups is 1. The van der Waals surface area contributed by atoms with E-state index in [1.54, 1.807) is 11.3 Å². The first-order chi connectivity index (χ1) is 10.9. The number of aromatic nitrogens is 3. The first-order valence-electron chi connectivity index (χ1n) is 7.92. The summed E-state index contributed by atoms with van der Waals surface area (Å²) in [6.07, 6.45) is 1.87. The molecule has 0 unspecified atom stereocenters. The van der Waals surface area contributed by atoms with E-state index in [2.05, 4.69) is 57.1 Å². The Kier molecular flexibility index (Phi) is 4.25. The summed E-state index contributed by atoms with van der Waals surface area (Å²) in [7, 11) is 0. The molecule has 5 heteroatoms. The molecule has 0 amide bonds. The lowest BCUT2D eigenvalue weighted by atomic mass is 9.91. The number of hydrogen-bond acceptors (Lipinski definition) is 4. The Morgan fingerprint density at radius 1 is 1.13 bits per heavy atom. The Morgan fingerprint density at radius 2 is 1.83 bits per heavy atom. The lowest BCUT2D eigenvalue weighted by Crippen LogP contribution is -2.15. The molecule has 122 valence electrons. The zero-order chi connectivity index (χ0) is 16.6. The molecule has 2 heterocycles. The van der Waals surface area contributed by atoms with Gasteiger partial charge in [0.15, 0.2) is 0 Å². The average molecular weight is 329 g/mol. The van der Waals surface area contributed by atoms with E-state index in [0.29, 0.717) is 0 Å². The van der Waals surface area contributed by atoms with Crippen LogP contribution < -0.4 is 0 Å². The van der Waals surface area contributed by atoms with E-state index >= 15 is 0 Å². The molecule has 0 fully saturated rings. The summed E-state index contributed by atoms with van der Waals surface area (Å²) >= 11 is 1.62. The maximum atomic E-state index is 9.72. The van der Waals surface area contributed by atoms with E-state index in [1.807, 2.05) is 4.52 Å². The minimum absolute atomic E-state index is 0.0328. The van der Waals surface area contributed by atoms with Crippen LogP contribution in [0.15, 0.2) is 24.3 Å². The van der Waals surface area contributed by atoms with E-state index in [1.165, 1.54) is 11.1 Å². The summed E-state index contributed by atoms with van der Waals surface area (Å²) in [6.45, 7) is 8.39. The fourth-order valence-corrected chi connectivity index (χ4v) is 3.59. The van der Waals surface area contributed by atoms with Gasteiger partial charge in [-0.05, 0) is 18.9 Å². The summed E-state index contributed by atoms with van der Waals surface area (Å²) in [5.41, 5.74) is 4.26. The van der Waals surface area contributed by atoms with Crippen LogP contribution in [-0.2, 0) is 24.9 Å². The molecule has 0 radical (unpaired) electrons. The maximum Gasteiger partial charge on any atom is 0.212 e. The minimum atomic E-state index is -0.0897. The second-order valence-corrected chi connectivity index (χ2v) is 8.03. The summed E-state index contributed by atoms with van der Waals surface area (Å²) in [5, 5.41) is 15.4. The van der Waals surface area contributed by atoms with Crippen molar-refractivity contribution in [2.24, 2.45) is 0 Å². The highest BCUT2D eigenvalue weighted by Gasteiger charge is 2.25. The molecular formula is C18H23N3OS. The largest absolute Gasteiger partial charge is 0.390 e. The molecule has 0 aliphatic carbocycles. The number of hydrogen-bond donors (Lipinski definition) is 1. The van der Waals surface area contributed by atoms with E-state index in [0.717, 1.165) is 34.2 Å². The molecular weight excluding hydrogens is 306 g/mol. The molecule has 0 saturated heterocycles.